The van der Waals surface area contributed by atoms with Crippen molar-refractivity contribution in [3.05, 3.63) is 24.2 Å². The summed E-state index contributed by atoms with van der Waals surface area (Å²) in [4.78, 5) is 0. The molecule has 4 unspecified atom stereocenters. The van der Waals surface area contributed by atoms with Crippen LogP contribution >= 0.6 is 0 Å². The number of hydrogen-bond acceptors (Lipinski definition) is 4. The van der Waals surface area contributed by atoms with Crippen molar-refractivity contribution in [1.29, 1.82) is 0 Å². The summed E-state index contributed by atoms with van der Waals surface area (Å²) < 4.78 is 16.5. The summed E-state index contributed by atoms with van der Waals surface area (Å²) in [5.74, 6) is 1.05. The van der Waals surface area contributed by atoms with Crippen LogP contribution in [0.5, 0.6) is 0 Å². The molecule has 4 nitrogen and oxygen atoms in total. The summed E-state index contributed by atoms with van der Waals surface area (Å²) >= 11 is 0. The molecule has 108 valence electrons. The Kier molecular flexibility index (Phi) is 5.43. The second kappa shape index (κ2) is 7.08. The topological polar surface area (TPSA) is 43.6 Å². The summed E-state index contributed by atoms with van der Waals surface area (Å²) in [6, 6.07) is 4.83. The molecule has 0 aromatic carbocycles. The molecule has 4 heteroatoms. The molecular formula is C15H25NO3. The van der Waals surface area contributed by atoms with Gasteiger partial charge in [-0.1, -0.05) is 0 Å². The first-order valence-corrected chi connectivity index (χ1v) is 7.17. The van der Waals surface area contributed by atoms with Gasteiger partial charge in [0.2, 0.25) is 0 Å². The van der Waals surface area contributed by atoms with Gasteiger partial charge in [-0.05, 0) is 38.8 Å². The molecule has 1 aliphatic rings. The van der Waals surface area contributed by atoms with E-state index < -0.39 is 0 Å². The van der Waals surface area contributed by atoms with Crippen molar-refractivity contribution >= 4 is 0 Å². The molecule has 1 saturated carbocycles. The molecule has 1 aliphatic carbocycles. The highest BCUT2D eigenvalue weighted by atomic mass is 16.5. The fourth-order valence-electron chi connectivity index (χ4n) is 2.70. The first-order chi connectivity index (χ1) is 9.24. The van der Waals surface area contributed by atoms with E-state index in [1.165, 1.54) is 0 Å². The van der Waals surface area contributed by atoms with Crippen LogP contribution in [-0.4, -0.2) is 38.0 Å². The van der Waals surface area contributed by atoms with Gasteiger partial charge < -0.3 is 19.2 Å². The van der Waals surface area contributed by atoms with Crippen LogP contribution in [0.4, 0.5) is 0 Å². The van der Waals surface area contributed by atoms with Gasteiger partial charge in [0.25, 0.3) is 0 Å². The predicted octanol–water partition coefficient (Wildman–Crippen LogP) is 2.38. The van der Waals surface area contributed by atoms with Crippen molar-refractivity contribution in [1.82, 2.24) is 5.32 Å². The number of aryl methyl sites for hydroxylation is 1. The van der Waals surface area contributed by atoms with Crippen LogP contribution in [0.3, 0.4) is 0 Å². The lowest BCUT2D eigenvalue weighted by Gasteiger charge is -2.44. The van der Waals surface area contributed by atoms with Crippen LogP contribution < -0.4 is 5.32 Å². The zero-order valence-electron chi connectivity index (χ0n) is 12.1. The van der Waals surface area contributed by atoms with Gasteiger partial charge in [0.1, 0.15) is 5.76 Å². The highest BCUT2D eigenvalue weighted by Crippen LogP contribution is 2.27. The van der Waals surface area contributed by atoms with Crippen LogP contribution in [0, 0.1) is 0 Å². The van der Waals surface area contributed by atoms with Gasteiger partial charge >= 0.3 is 0 Å². The van der Waals surface area contributed by atoms with E-state index in [-0.39, 0.29) is 12.2 Å². The molecule has 19 heavy (non-hydrogen) atoms. The fraction of sp³-hybridized carbons (Fsp3) is 0.733. The SMILES string of the molecule is CCOC1CC(NC(C)CCc2ccco2)C1OC. The Hall–Kier alpha value is -0.840. The molecule has 2 rings (SSSR count). The standard InChI is InChI=1S/C15H25NO3/c1-4-18-14-10-13(15(14)17-3)16-11(2)7-8-12-6-5-9-19-12/h5-6,9,11,13-16H,4,7-8,10H2,1-3H3. The summed E-state index contributed by atoms with van der Waals surface area (Å²) in [6.45, 7) is 4.99. The predicted molar refractivity (Wildman–Crippen MR) is 74.2 cm³/mol. The van der Waals surface area contributed by atoms with Gasteiger partial charge in [0.15, 0.2) is 0 Å². The summed E-state index contributed by atoms with van der Waals surface area (Å²) in [5.41, 5.74) is 0. The molecule has 0 spiro atoms. The molecule has 0 bridgehead atoms. The summed E-state index contributed by atoms with van der Waals surface area (Å²) in [6.07, 6.45) is 5.25. The molecular weight excluding hydrogens is 242 g/mol. The third-order valence-electron chi connectivity index (χ3n) is 3.80. The van der Waals surface area contributed by atoms with Gasteiger partial charge in [-0.15, -0.1) is 0 Å². The number of furan rings is 1. The molecule has 0 radical (unpaired) electrons. The molecule has 4 atom stereocenters. The van der Waals surface area contributed by atoms with E-state index in [9.17, 15) is 0 Å². The number of nitrogens with one attached hydrogen (secondary N) is 1. The monoisotopic (exact) mass is 267 g/mol. The van der Waals surface area contributed by atoms with Crippen LogP contribution in [0.2, 0.25) is 0 Å². The molecule has 1 N–H and O–H groups in total. The fourth-order valence-corrected chi connectivity index (χ4v) is 2.70. The smallest absolute Gasteiger partial charge is 0.103 e. The molecule has 1 aromatic rings. The third kappa shape index (κ3) is 3.81. The Bertz CT molecular complexity index is 352. The van der Waals surface area contributed by atoms with E-state index in [1.54, 1.807) is 13.4 Å². The highest BCUT2D eigenvalue weighted by Gasteiger charge is 2.42. The lowest BCUT2D eigenvalue weighted by molar-refractivity contribution is -0.132. The maximum atomic E-state index is 5.63. The highest BCUT2D eigenvalue weighted by molar-refractivity contribution is 5.00. The summed E-state index contributed by atoms with van der Waals surface area (Å²) in [7, 11) is 1.76. The Balaban J connectivity index is 1.69. The average molecular weight is 267 g/mol. The third-order valence-corrected chi connectivity index (χ3v) is 3.80. The number of ether oxygens (including phenoxy) is 2. The van der Waals surface area contributed by atoms with Crippen molar-refractivity contribution in [2.24, 2.45) is 0 Å². The van der Waals surface area contributed by atoms with Gasteiger partial charge in [-0.2, -0.15) is 0 Å². The largest absolute Gasteiger partial charge is 0.469 e. The first-order valence-electron chi connectivity index (χ1n) is 7.17. The van der Waals surface area contributed by atoms with Crippen LogP contribution in [0.25, 0.3) is 0 Å². The minimum Gasteiger partial charge on any atom is -0.469 e. The number of rotatable bonds is 8. The Labute approximate surface area is 115 Å². The minimum absolute atomic E-state index is 0.186. The van der Waals surface area contributed by atoms with E-state index in [1.807, 2.05) is 19.1 Å². The zero-order valence-corrected chi connectivity index (χ0v) is 12.1. The van der Waals surface area contributed by atoms with E-state index >= 15 is 0 Å². The summed E-state index contributed by atoms with van der Waals surface area (Å²) in [5, 5.41) is 3.62. The lowest BCUT2D eigenvalue weighted by Crippen LogP contribution is -2.61. The lowest BCUT2D eigenvalue weighted by atomic mass is 9.84. The molecule has 0 aliphatic heterocycles. The maximum absolute atomic E-state index is 5.63. The van der Waals surface area contributed by atoms with Gasteiger partial charge in [0, 0.05) is 32.2 Å². The van der Waals surface area contributed by atoms with E-state index in [0.717, 1.165) is 31.6 Å². The first kappa shape index (κ1) is 14.6. The van der Waals surface area contributed by atoms with Crippen molar-refractivity contribution in [2.75, 3.05) is 13.7 Å². The van der Waals surface area contributed by atoms with Crippen LogP contribution in [-0.2, 0) is 15.9 Å². The van der Waals surface area contributed by atoms with Gasteiger partial charge in [-0.25, -0.2) is 0 Å². The number of hydrogen-bond donors (Lipinski definition) is 1. The van der Waals surface area contributed by atoms with Crippen molar-refractivity contribution in [3.8, 4) is 0 Å². The van der Waals surface area contributed by atoms with Crippen molar-refractivity contribution < 1.29 is 13.9 Å². The quantitative estimate of drug-likeness (QED) is 0.785. The molecule has 1 heterocycles. The maximum Gasteiger partial charge on any atom is 0.103 e. The van der Waals surface area contributed by atoms with Crippen molar-refractivity contribution in [2.45, 2.75) is 57.4 Å². The zero-order chi connectivity index (χ0) is 13.7. The second-order valence-electron chi connectivity index (χ2n) is 5.22. The van der Waals surface area contributed by atoms with E-state index in [0.29, 0.717) is 12.1 Å². The second-order valence-corrected chi connectivity index (χ2v) is 5.22. The van der Waals surface area contributed by atoms with E-state index in [4.69, 9.17) is 13.9 Å². The van der Waals surface area contributed by atoms with Crippen molar-refractivity contribution in [3.63, 3.8) is 0 Å². The Morgan fingerprint density at radius 2 is 2.37 bits per heavy atom. The van der Waals surface area contributed by atoms with E-state index in [2.05, 4.69) is 12.2 Å². The van der Waals surface area contributed by atoms with Gasteiger partial charge in [-0.3, -0.25) is 0 Å². The Morgan fingerprint density at radius 3 is 3.00 bits per heavy atom. The minimum atomic E-state index is 0.186. The molecule has 1 fully saturated rings. The average Bonchev–Trinajstić information content (AvgIpc) is 2.88. The molecule has 1 aromatic heterocycles. The Morgan fingerprint density at radius 1 is 1.53 bits per heavy atom. The molecule has 0 amide bonds. The molecule has 0 saturated heterocycles. The van der Waals surface area contributed by atoms with Crippen LogP contribution in [0.15, 0.2) is 22.8 Å². The number of methoxy groups -OCH3 is 1. The van der Waals surface area contributed by atoms with Crippen LogP contribution in [0.1, 0.15) is 32.4 Å². The normalized spacial score (nSPS) is 28.1. The van der Waals surface area contributed by atoms with Gasteiger partial charge in [0.05, 0.1) is 18.5 Å².